The van der Waals surface area contributed by atoms with Crippen LogP contribution in [0.2, 0.25) is 0 Å². The molecule has 7 heteroatoms. The Morgan fingerprint density at radius 2 is 1.78 bits per heavy atom. The second kappa shape index (κ2) is 11.3. The molecular weight excluding hydrogens is 462 g/mol. The summed E-state index contributed by atoms with van der Waals surface area (Å²) in [6.45, 7) is 5.94. The van der Waals surface area contributed by atoms with E-state index in [4.69, 9.17) is 0 Å². The zero-order chi connectivity index (χ0) is 25.8. The molecule has 1 N–H and O–H groups in total. The molecule has 5 rings (SSSR count). The van der Waals surface area contributed by atoms with Crippen molar-refractivity contribution in [2.24, 2.45) is 0 Å². The highest BCUT2D eigenvalue weighted by atomic mass is 16.2. The summed E-state index contributed by atoms with van der Waals surface area (Å²) in [6.07, 6.45) is 5.94. The average molecular weight is 500 g/mol. The second-order valence-electron chi connectivity index (χ2n) is 10.5. The standard InChI is InChI=1S/C30H37N5O2/c1-22-8-7-17-35(22)28(36)21-34-18-14-24(15-19-34)32-27-13-12-26(29-25(27)11-6-16-31-29)30(37)33(2)20-23-9-4-3-5-10-23/h3-6,9-13,16,22,24,32H,7-8,14-15,17-21H2,1-2H3/t22-/m1/s1. The zero-order valence-electron chi connectivity index (χ0n) is 21.9. The first-order valence-corrected chi connectivity index (χ1v) is 13.4. The number of carbonyl (C=O) groups excluding carboxylic acids is 2. The lowest BCUT2D eigenvalue weighted by Gasteiger charge is -2.34. The molecule has 0 unspecified atom stereocenters. The smallest absolute Gasteiger partial charge is 0.256 e. The molecule has 2 saturated heterocycles. The van der Waals surface area contributed by atoms with Gasteiger partial charge in [-0.3, -0.25) is 19.5 Å². The van der Waals surface area contributed by atoms with Gasteiger partial charge >= 0.3 is 0 Å². The van der Waals surface area contributed by atoms with Gasteiger partial charge in [0.05, 0.1) is 17.6 Å². The third kappa shape index (κ3) is 5.77. The van der Waals surface area contributed by atoms with Crippen molar-refractivity contribution in [3.63, 3.8) is 0 Å². The van der Waals surface area contributed by atoms with Crippen molar-refractivity contribution in [3.05, 3.63) is 71.9 Å². The Labute approximate surface area is 219 Å². The number of likely N-dealkylation sites (tertiary alicyclic amines) is 2. The SMILES string of the molecule is C[C@@H]1CCCN1C(=O)CN1CCC(Nc2ccc(C(=O)N(C)Cc3ccccc3)c3ncccc23)CC1. The van der Waals surface area contributed by atoms with Crippen molar-refractivity contribution in [3.8, 4) is 0 Å². The van der Waals surface area contributed by atoms with Gasteiger partial charge in [0.15, 0.2) is 0 Å². The summed E-state index contributed by atoms with van der Waals surface area (Å²) in [4.78, 5) is 36.7. The number of piperidine rings is 1. The fourth-order valence-electron chi connectivity index (χ4n) is 5.65. The number of carbonyl (C=O) groups is 2. The number of benzene rings is 2. The molecular formula is C30H37N5O2. The van der Waals surface area contributed by atoms with E-state index in [0.29, 0.717) is 30.7 Å². The van der Waals surface area contributed by atoms with Gasteiger partial charge in [-0.05, 0) is 62.4 Å². The lowest BCUT2D eigenvalue weighted by Crippen LogP contribution is -2.46. The fraction of sp³-hybridized carbons (Fsp3) is 0.433. The first-order valence-electron chi connectivity index (χ1n) is 13.4. The van der Waals surface area contributed by atoms with Crippen molar-refractivity contribution in [2.75, 3.05) is 38.5 Å². The first kappa shape index (κ1) is 25.2. The molecule has 2 aromatic carbocycles. The van der Waals surface area contributed by atoms with E-state index in [0.717, 1.165) is 67.5 Å². The zero-order valence-corrected chi connectivity index (χ0v) is 21.9. The number of anilines is 1. The molecule has 2 fully saturated rings. The van der Waals surface area contributed by atoms with E-state index in [1.165, 1.54) is 0 Å². The van der Waals surface area contributed by atoms with E-state index in [1.54, 1.807) is 11.1 Å². The second-order valence-corrected chi connectivity index (χ2v) is 10.5. The number of pyridine rings is 1. The predicted molar refractivity (Wildman–Crippen MR) is 147 cm³/mol. The van der Waals surface area contributed by atoms with Gasteiger partial charge in [0.2, 0.25) is 5.91 Å². The summed E-state index contributed by atoms with van der Waals surface area (Å²) in [7, 11) is 1.83. The number of fused-ring (bicyclic) bond motifs is 1. The maximum absolute atomic E-state index is 13.3. The maximum Gasteiger partial charge on any atom is 0.256 e. The number of aromatic nitrogens is 1. The van der Waals surface area contributed by atoms with Crippen molar-refractivity contribution in [1.82, 2.24) is 19.7 Å². The van der Waals surface area contributed by atoms with Crippen molar-refractivity contribution in [1.29, 1.82) is 0 Å². The van der Waals surface area contributed by atoms with E-state index >= 15 is 0 Å². The summed E-state index contributed by atoms with van der Waals surface area (Å²) in [5.41, 5.74) is 3.44. The largest absolute Gasteiger partial charge is 0.382 e. The van der Waals surface area contributed by atoms with E-state index in [2.05, 4.69) is 22.1 Å². The summed E-state index contributed by atoms with van der Waals surface area (Å²) < 4.78 is 0. The summed E-state index contributed by atoms with van der Waals surface area (Å²) in [5.74, 6) is 0.232. The minimum atomic E-state index is -0.0376. The van der Waals surface area contributed by atoms with Crippen LogP contribution >= 0.6 is 0 Å². The minimum Gasteiger partial charge on any atom is -0.382 e. The average Bonchev–Trinajstić information content (AvgIpc) is 3.36. The number of hydrogen-bond donors (Lipinski definition) is 1. The minimum absolute atomic E-state index is 0.0376. The van der Waals surface area contributed by atoms with E-state index in [9.17, 15) is 9.59 Å². The van der Waals surface area contributed by atoms with Crippen LogP contribution in [-0.2, 0) is 11.3 Å². The summed E-state index contributed by atoms with van der Waals surface area (Å²) in [5, 5.41) is 4.67. The van der Waals surface area contributed by atoms with Gasteiger partial charge in [-0.1, -0.05) is 30.3 Å². The van der Waals surface area contributed by atoms with Crippen molar-refractivity contribution >= 4 is 28.4 Å². The number of nitrogens with one attached hydrogen (secondary N) is 1. The van der Waals surface area contributed by atoms with Crippen LogP contribution in [0.3, 0.4) is 0 Å². The van der Waals surface area contributed by atoms with Gasteiger partial charge < -0.3 is 15.1 Å². The molecule has 0 saturated carbocycles. The van der Waals surface area contributed by atoms with E-state index in [1.807, 2.05) is 66.5 Å². The predicted octanol–water partition coefficient (Wildman–Crippen LogP) is 4.39. The molecule has 7 nitrogen and oxygen atoms in total. The quantitative estimate of drug-likeness (QED) is 0.522. The molecule has 37 heavy (non-hydrogen) atoms. The third-order valence-corrected chi connectivity index (χ3v) is 7.79. The number of nitrogens with zero attached hydrogens (tertiary/aromatic N) is 4. The fourth-order valence-corrected chi connectivity index (χ4v) is 5.65. The van der Waals surface area contributed by atoms with Crippen LogP contribution < -0.4 is 5.32 Å². The first-order chi connectivity index (χ1) is 18.0. The number of amides is 2. The van der Waals surface area contributed by atoms with Gasteiger partial charge in [0.25, 0.3) is 5.91 Å². The lowest BCUT2D eigenvalue weighted by atomic mass is 10.0. The highest BCUT2D eigenvalue weighted by Crippen LogP contribution is 2.28. The highest BCUT2D eigenvalue weighted by molar-refractivity contribution is 6.08. The molecule has 3 heterocycles. The summed E-state index contributed by atoms with van der Waals surface area (Å²) in [6, 6.07) is 18.6. The van der Waals surface area contributed by atoms with Crippen molar-refractivity contribution < 1.29 is 9.59 Å². The van der Waals surface area contributed by atoms with Crippen LogP contribution in [0.1, 0.15) is 48.5 Å². The Bertz CT molecular complexity index is 1240. The Hall–Kier alpha value is -3.45. The Morgan fingerprint density at radius 3 is 2.51 bits per heavy atom. The lowest BCUT2D eigenvalue weighted by molar-refractivity contribution is -0.133. The molecule has 0 aliphatic carbocycles. The van der Waals surface area contributed by atoms with Crippen LogP contribution in [0.4, 0.5) is 5.69 Å². The molecule has 2 amide bonds. The monoisotopic (exact) mass is 499 g/mol. The number of rotatable bonds is 7. The highest BCUT2D eigenvalue weighted by Gasteiger charge is 2.28. The molecule has 1 atom stereocenters. The third-order valence-electron chi connectivity index (χ3n) is 7.79. The van der Waals surface area contributed by atoms with Crippen molar-refractivity contribution in [2.45, 2.75) is 51.2 Å². The molecule has 1 aromatic heterocycles. The van der Waals surface area contributed by atoms with Crippen LogP contribution in [0.15, 0.2) is 60.8 Å². The van der Waals surface area contributed by atoms with Crippen LogP contribution in [-0.4, -0.2) is 76.8 Å². The van der Waals surface area contributed by atoms with Gasteiger partial charge in [0, 0.05) is 62.6 Å². The number of hydrogen-bond acceptors (Lipinski definition) is 5. The Morgan fingerprint density at radius 1 is 1.00 bits per heavy atom. The molecule has 0 bridgehead atoms. The topological polar surface area (TPSA) is 68.8 Å². The van der Waals surface area contributed by atoms with E-state index in [-0.39, 0.29) is 11.8 Å². The van der Waals surface area contributed by atoms with Crippen LogP contribution in [0.5, 0.6) is 0 Å². The maximum atomic E-state index is 13.3. The van der Waals surface area contributed by atoms with Gasteiger partial charge in [-0.2, -0.15) is 0 Å². The van der Waals surface area contributed by atoms with Crippen LogP contribution in [0, 0.1) is 0 Å². The van der Waals surface area contributed by atoms with Gasteiger partial charge in [0.1, 0.15) is 0 Å². The molecule has 0 radical (unpaired) electrons. The molecule has 194 valence electrons. The Balaban J connectivity index is 1.23. The molecule has 2 aliphatic rings. The van der Waals surface area contributed by atoms with Gasteiger partial charge in [-0.15, -0.1) is 0 Å². The van der Waals surface area contributed by atoms with E-state index < -0.39 is 0 Å². The van der Waals surface area contributed by atoms with Crippen LogP contribution in [0.25, 0.3) is 10.9 Å². The van der Waals surface area contributed by atoms with Gasteiger partial charge in [-0.25, -0.2) is 0 Å². The normalized spacial score (nSPS) is 18.8. The molecule has 3 aromatic rings. The molecule has 0 spiro atoms. The Kier molecular flexibility index (Phi) is 7.70. The summed E-state index contributed by atoms with van der Waals surface area (Å²) >= 11 is 0. The molecule has 2 aliphatic heterocycles.